The van der Waals surface area contributed by atoms with E-state index >= 15 is 0 Å². The molecular formula is C18H20N4O. The Kier molecular flexibility index (Phi) is 3.81. The molecule has 1 unspecified atom stereocenters. The van der Waals surface area contributed by atoms with Gasteiger partial charge in [0.15, 0.2) is 0 Å². The topological polar surface area (TPSA) is 54.0 Å². The Morgan fingerprint density at radius 2 is 2.26 bits per heavy atom. The van der Waals surface area contributed by atoms with Crippen LogP contribution < -0.4 is 0 Å². The minimum atomic E-state index is 0.182. The van der Waals surface area contributed by atoms with Gasteiger partial charge in [0, 0.05) is 36.6 Å². The highest BCUT2D eigenvalue weighted by Crippen LogP contribution is 2.25. The molecule has 0 saturated carbocycles. The average molecular weight is 308 g/mol. The predicted molar refractivity (Wildman–Crippen MR) is 89.0 cm³/mol. The number of morpholine rings is 1. The summed E-state index contributed by atoms with van der Waals surface area (Å²) >= 11 is 0. The first-order valence-corrected chi connectivity index (χ1v) is 7.96. The van der Waals surface area contributed by atoms with E-state index in [9.17, 15) is 0 Å². The summed E-state index contributed by atoms with van der Waals surface area (Å²) in [5, 5.41) is 1.18. The fourth-order valence-electron chi connectivity index (χ4n) is 3.14. The standard InChI is InChI=1S/C18H20N4O/c1-13-10-20-18(21-13)17-12-23-8-7-22(17)11-14-4-5-16-15(9-14)3-2-6-19-16/h2-6,9-10,17H,7-8,11-12H2,1H3,(H,20,21). The maximum Gasteiger partial charge on any atom is 0.126 e. The molecule has 23 heavy (non-hydrogen) atoms. The van der Waals surface area contributed by atoms with Crippen molar-refractivity contribution in [3.8, 4) is 0 Å². The Morgan fingerprint density at radius 3 is 3.13 bits per heavy atom. The number of aryl methyl sites for hydroxylation is 1. The van der Waals surface area contributed by atoms with Crippen molar-refractivity contribution in [2.45, 2.75) is 19.5 Å². The van der Waals surface area contributed by atoms with Gasteiger partial charge < -0.3 is 9.72 Å². The van der Waals surface area contributed by atoms with Crippen LogP contribution in [-0.4, -0.2) is 39.6 Å². The number of H-pyrrole nitrogens is 1. The second-order valence-corrected chi connectivity index (χ2v) is 6.04. The Morgan fingerprint density at radius 1 is 1.30 bits per heavy atom. The number of hydrogen-bond donors (Lipinski definition) is 1. The summed E-state index contributed by atoms with van der Waals surface area (Å²) in [7, 11) is 0. The number of aromatic nitrogens is 3. The predicted octanol–water partition coefficient (Wildman–Crippen LogP) is 2.84. The summed E-state index contributed by atoms with van der Waals surface area (Å²) in [6.07, 6.45) is 3.71. The molecule has 1 aliphatic rings. The molecule has 1 atom stereocenters. The van der Waals surface area contributed by atoms with Gasteiger partial charge in [-0.05, 0) is 30.7 Å². The SMILES string of the molecule is Cc1cnc(C2COCCN2Cc2ccc3ncccc3c2)[nH]1. The molecular weight excluding hydrogens is 288 g/mol. The van der Waals surface area contributed by atoms with E-state index in [2.05, 4.69) is 44.1 Å². The first-order chi connectivity index (χ1) is 11.3. The fraction of sp³-hybridized carbons (Fsp3) is 0.333. The number of imidazole rings is 1. The molecule has 1 aliphatic heterocycles. The van der Waals surface area contributed by atoms with E-state index in [1.165, 1.54) is 10.9 Å². The van der Waals surface area contributed by atoms with E-state index < -0.39 is 0 Å². The Hall–Kier alpha value is -2.24. The van der Waals surface area contributed by atoms with Crippen LogP contribution in [0.15, 0.2) is 42.7 Å². The summed E-state index contributed by atoms with van der Waals surface area (Å²) < 4.78 is 5.67. The van der Waals surface area contributed by atoms with Crippen LogP contribution in [0, 0.1) is 6.92 Å². The van der Waals surface area contributed by atoms with Gasteiger partial charge in [0.25, 0.3) is 0 Å². The highest BCUT2D eigenvalue weighted by Gasteiger charge is 2.26. The number of hydrogen-bond acceptors (Lipinski definition) is 4. The van der Waals surface area contributed by atoms with Crippen LogP contribution in [0.25, 0.3) is 10.9 Å². The zero-order chi connectivity index (χ0) is 15.6. The average Bonchev–Trinajstić information content (AvgIpc) is 3.01. The van der Waals surface area contributed by atoms with Crippen LogP contribution >= 0.6 is 0 Å². The zero-order valence-corrected chi connectivity index (χ0v) is 13.2. The van der Waals surface area contributed by atoms with Gasteiger partial charge in [-0.3, -0.25) is 9.88 Å². The van der Waals surface area contributed by atoms with E-state index in [4.69, 9.17) is 4.74 Å². The monoisotopic (exact) mass is 308 g/mol. The number of aromatic amines is 1. The molecule has 0 spiro atoms. The van der Waals surface area contributed by atoms with E-state index in [0.717, 1.165) is 36.7 Å². The lowest BCUT2D eigenvalue weighted by molar-refractivity contribution is -0.0156. The van der Waals surface area contributed by atoms with Crippen molar-refractivity contribution in [2.24, 2.45) is 0 Å². The number of ether oxygens (including phenoxy) is 1. The number of nitrogens with one attached hydrogen (secondary N) is 1. The molecule has 0 bridgehead atoms. The van der Waals surface area contributed by atoms with Crippen molar-refractivity contribution in [3.05, 3.63) is 59.8 Å². The van der Waals surface area contributed by atoms with E-state index in [1.54, 1.807) is 0 Å². The number of benzene rings is 1. The van der Waals surface area contributed by atoms with Crippen LogP contribution in [0.5, 0.6) is 0 Å². The lowest BCUT2D eigenvalue weighted by Gasteiger charge is -2.34. The number of pyridine rings is 1. The van der Waals surface area contributed by atoms with Gasteiger partial charge in [0.2, 0.25) is 0 Å². The van der Waals surface area contributed by atoms with Gasteiger partial charge in [0.1, 0.15) is 5.82 Å². The molecule has 1 aromatic carbocycles. The van der Waals surface area contributed by atoms with Gasteiger partial charge in [0.05, 0.1) is 24.8 Å². The largest absolute Gasteiger partial charge is 0.378 e. The lowest BCUT2D eigenvalue weighted by atomic mass is 10.1. The molecule has 0 aliphatic carbocycles. The molecule has 4 rings (SSSR count). The smallest absolute Gasteiger partial charge is 0.126 e. The summed E-state index contributed by atoms with van der Waals surface area (Å²) in [5.41, 5.74) is 3.42. The van der Waals surface area contributed by atoms with Crippen LogP contribution in [0.2, 0.25) is 0 Å². The third-order valence-corrected chi connectivity index (χ3v) is 4.33. The van der Waals surface area contributed by atoms with Crippen LogP contribution in [0.4, 0.5) is 0 Å². The van der Waals surface area contributed by atoms with E-state index in [-0.39, 0.29) is 6.04 Å². The third kappa shape index (κ3) is 2.98. The molecule has 1 saturated heterocycles. The minimum absolute atomic E-state index is 0.182. The second kappa shape index (κ2) is 6.10. The van der Waals surface area contributed by atoms with Crippen molar-refractivity contribution < 1.29 is 4.74 Å². The molecule has 3 aromatic rings. The van der Waals surface area contributed by atoms with E-state index in [1.807, 2.05) is 25.4 Å². The number of nitrogens with zero attached hydrogens (tertiary/aromatic N) is 3. The van der Waals surface area contributed by atoms with Gasteiger partial charge in [-0.1, -0.05) is 12.1 Å². The maximum atomic E-state index is 5.67. The van der Waals surface area contributed by atoms with Gasteiger partial charge in [-0.2, -0.15) is 0 Å². The first-order valence-electron chi connectivity index (χ1n) is 7.96. The molecule has 0 amide bonds. The summed E-state index contributed by atoms with van der Waals surface area (Å²) in [6.45, 7) is 5.28. The van der Waals surface area contributed by atoms with Crippen LogP contribution in [-0.2, 0) is 11.3 Å². The Bertz CT molecular complexity index is 813. The Labute approximate surface area is 135 Å². The van der Waals surface area contributed by atoms with Crippen molar-refractivity contribution >= 4 is 10.9 Å². The summed E-state index contributed by atoms with van der Waals surface area (Å²) in [5.74, 6) is 0.990. The molecule has 3 heterocycles. The molecule has 2 aromatic heterocycles. The van der Waals surface area contributed by atoms with Crippen LogP contribution in [0.1, 0.15) is 23.1 Å². The molecule has 5 nitrogen and oxygen atoms in total. The summed E-state index contributed by atoms with van der Waals surface area (Å²) in [4.78, 5) is 14.7. The fourth-order valence-corrected chi connectivity index (χ4v) is 3.14. The number of rotatable bonds is 3. The quantitative estimate of drug-likeness (QED) is 0.808. The highest BCUT2D eigenvalue weighted by atomic mass is 16.5. The van der Waals surface area contributed by atoms with Crippen molar-refractivity contribution in [1.82, 2.24) is 19.9 Å². The molecule has 1 fully saturated rings. The van der Waals surface area contributed by atoms with Crippen molar-refractivity contribution in [3.63, 3.8) is 0 Å². The molecule has 118 valence electrons. The molecule has 0 radical (unpaired) electrons. The second-order valence-electron chi connectivity index (χ2n) is 6.04. The zero-order valence-electron chi connectivity index (χ0n) is 13.2. The van der Waals surface area contributed by atoms with Crippen molar-refractivity contribution in [2.75, 3.05) is 19.8 Å². The maximum absolute atomic E-state index is 5.67. The van der Waals surface area contributed by atoms with Gasteiger partial charge in [-0.15, -0.1) is 0 Å². The van der Waals surface area contributed by atoms with Crippen LogP contribution in [0.3, 0.4) is 0 Å². The summed E-state index contributed by atoms with van der Waals surface area (Å²) in [6, 6.07) is 10.8. The normalized spacial score (nSPS) is 19.3. The molecule has 5 heteroatoms. The first kappa shape index (κ1) is 14.4. The van der Waals surface area contributed by atoms with E-state index in [0.29, 0.717) is 6.61 Å². The van der Waals surface area contributed by atoms with Gasteiger partial charge in [-0.25, -0.2) is 4.98 Å². The minimum Gasteiger partial charge on any atom is -0.378 e. The lowest BCUT2D eigenvalue weighted by Crippen LogP contribution is -2.39. The highest BCUT2D eigenvalue weighted by molar-refractivity contribution is 5.78. The van der Waals surface area contributed by atoms with Gasteiger partial charge >= 0.3 is 0 Å². The molecule has 1 N–H and O–H groups in total. The third-order valence-electron chi connectivity index (χ3n) is 4.33. The number of fused-ring (bicyclic) bond motifs is 1. The van der Waals surface area contributed by atoms with Crippen molar-refractivity contribution in [1.29, 1.82) is 0 Å². The Balaban J connectivity index is 1.59.